The van der Waals surface area contributed by atoms with Gasteiger partial charge >= 0.3 is 0 Å². The van der Waals surface area contributed by atoms with Crippen LogP contribution in [0, 0.1) is 0 Å². The van der Waals surface area contributed by atoms with E-state index in [0.717, 1.165) is 0 Å². The molecule has 11 heavy (non-hydrogen) atoms. The standard InChI is InChI=1S/C8H18O2Si/c1-8(9-2)6-7-10-11(3,4)5/h6-8H,1-5H3. The Morgan fingerprint density at radius 2 is 1.82 bits per heavy atom. The molecule has 0 saturated carbocycles. The third kappa shape index (κ3) is 7.62. The summed E-state index contributed by atoms with van der Waals surface area (Å²) in [6.07, 6.45) is 3.81. The van der Waals surface area contributed by atoms with E-state index in [4.69, 9.17) is 9.16 Å². The second-order valence-corrected chi connectivity index (χ2v) is 7.96. The molecule has 0 aromatic carbocycles. The number of ether oxygens (including phenoxy) is 1. The molecule has 0 aliphatic rings. The smallest absolute Gasteiger partial charge is 0.241 e. The van der Waals surface area contributed by atoms with E-state index in [-0.39, 0.29) is 6.10 Å². The fraction of sp³-hybridized carbons (Fsp3) is 0.750. The fourth-order valence-corrected chi connectivity index (χ4v) is 0.919. The topological polar surface area (TPSA) is 18.5 Å². The molecule has 1 atom stereocenters. The maximum Gasteiger partial charge on any atom is 0.241 e. The molecule has 0 aliphatic heterocycles. The van der Waals surface area contributed by atoms with Crippen LogP contribution in [0.5, 0.6) is 0 Å². The Morgan fingerprint density at radius 1 is 1.27 bits per heavy atom. The molecule has 3 heteroatoms. The van der Waals surface area contributed by atoms with E-state index in [0.29, 0.717) is 0 Å². The first-order valence-electron chi connectivity index (χ1n) is 3.83. The van der Waals surface area contributed by atoms with Gasteiger partial charge in [-0.2, -0.15) is 0 Å². The minimum atomic E-state index is -1.38. The second kappa shape index (κ2) is 4.57. The van der Waals surface area contributed by atoms with Crippen molar-refractivity contribution in [2.75, 3.05) is 7.11 Å². The van der Waals surface area contributed by atoms with E-state index in [1.54, 1.807) is 13.4 Å². The van der Waals surface area contributed by atoms with Crippen LogP contribution >= 0.6 is 0 Å². The Balaban J connectivity index is 3.60. The highest BCUT2D eigenvalue weighted by Gasteiger charge is 2.12. The lowest BCUT2D eigenvalue weighted by molar-refractivity contribution is 0.154. The summed E-state index contributed by atoms with van der Waals surface area (Å²) in [5, 5.41) is 0. The van der Waals surface area contributed by atoms with Crippen LogP contribution in [0.2, 0.25) is 19.6 Å². The van der Waals surface area contributed by atoms with Crippen molar-refractivity contribution in [2.24, 2.45) is 0 Å². The van der Waals surface area contributed by atoms with E-state index >= 15 is 0 Å². The van der Waals surface area contributed by atoms with Gasteiger partial charge < -0.3 is 9.16 Å². The van der Waals surface area contributed by atoms with E-state index < -0.39 is 8.32 Å². The van der Waals surface area contributed by atoms with E-state index in [2.05, 4.69) is 19.6 Å². The average Bonchev–Trinajstić information content (AvgIpc) is 1.85. The Labute approximate surface area is 70.3 Å². The van der Waals surface area contributed by atoms with Gasteiger partial charge in [-0.15, -0.1) is 0 Å². The Kier molecular flexibility index (Phi) is 4.45. The van der Waals surface area contributed by atoms with Crippen molar-refractivity contribution in [2.45, 2.75) is 32.7 Å². The quantitative estimate of drug-likeness (QED) is 0.481. The molecule has 0 saturated heterocycles. The third-order valence-corrected chi connectivity index (χ3v) is 1.99. The number of methoxy groups -OCH3 is 1. The van der Waals surface area contributed by atoms with Crippen molar-refractivity contribution in [3.63, 3.8) is 0 Å². The molecule has 0 radical (unpaired) electrons. The molecule has 0 bridgehead atoms. The summed E-state index contributed by atoms with van der Waals surface area (Å²) in [5.41, 5.74) is 0. The molecular formula is C8H18O2Si. The summed E-state index contributed by atoms with van der Waals surface area (Å²) in [6.45, 7) is 8.42. The molecule has 66 valence electrons. The van der Waals surface area contributed by atoms with Crippen LogP contribution in [-0.4, -0.2) is 21.5 Å². The molecule has 2 nitrogen and oxygen atoms in total. The zero-order valence-corrected chi connectivity index (χ0v) is 9.05. The zero-order chi connectivity index (χ0) is 8.91. The fourth-order valence-electron chi connectivity index (χ4n) is 0.433. The van der Waals surface area contributed by atoms with Crippen LogP contribution in [0.25, 0.3) is 0 Å². The zero-order valence-electron chi connectivity index (χ0n) is 8.05. The highest BCUT2D eigenvalue weighted by Crippen LogP contribution is 2.03. The summed E-state index contributed by atoms with van der Waals surface area (Å²) in [7, 11) is 0.305. The van der Waals surface area contributed by atoms with Crippen molar-refractivity contribution in [1.29, 1.82) is 0 Å². The van der Waals surface area contributed by atoms with Crippen LogP contribution in [0.15, 0.2) is 12.3 Å². The predicted octanol–water partition coefficient (Wildman–Crippen LogP) is 2.39. The normalized spacial score (nSPS) is 15.4. The minimum absolute atomic E-state index is 0.145. The maximum absolute atomic E-state index is 5.48. The highest BCUT2D eigenvalue weighted by atomic mass is 28.4. The molecule has 0 aromatic heterocycles. The first-order valence-corrected chi connectivity index (χ1v) is 7.24. The third-order valence-electron chi connectivity index (χ3n) is 1.14. The lowest BCUT2D eigenvalue weighted by Crippen LogP contribution is -2.22. The molecule has 0 aliphatic carbocycles. The van der Waals surface area contributed by atoms with Gasteiger partial charge in [-0.3, -0.25) is 0 Å². The lowest BCUT2D eigenvalue weighted by atomic mass is 10.4. The molecule has 1 unspecified atom stereocenters. The predicted molar refractivity (Wildman–Crippen MR) is 50.0 cm³/mol. The summed E-state index contributed by atoms with van der Waals surface area (Å²) >= 11 is 0. The van der Waals surface area contributed by atoms with Gasteiger partial charge in [0.2, 0.25) is 8.32 Å². The van der Waals surface area contributed by atoms with Crippen LogP contribution in [0.4, 0.5) is 0 Å². The maximum atomic E-state index is 5.48. The summed E-state index contributed by atoms with van der Waals surface area (Å²) in [6, 6.07) is 0. The number of hydrogen-bond acceptors (Lipinski definition) is 2. The SMILES string of the molecule is COC(C)C=CO[Si](C)(C)C. The summed E-state index contributed by atoms with van der Waals surface area (Å²) < 4.78 is 10.5. The Morgan fingerprint density at radius 3 is 2.18 bits per heavy atom. The first-order chi connectivity index (χ1) is 4.95. The van der Waals surface area contributed by atoms with Crippen molar-refractivity contribution >= 4 is 8.32 Å². The van der Waals surface area contributed by atoms with Crippen molar-refractivity contribution in [3.8, 4) is 0 Å². The van der Waals surface area contributed by atoms with Crippen LogP contribution in [-0.2, 0) is 9.16 Å². The van der Waals surface area contributed by atoms with E-state index in [9.17, 15) is 0 Å². The van der Waals surface area contributed by atoms with Crippen LogP contribution < -0.4 is 0 Å². The molecule has 0 spiro atoms. The monoisotopic (exact) mass is 174 g/mol. The highest BCUT2D eigenvalue weighted by molar-refractivity contribution is 6.69. The largest absolute Gasteiger partial charge is 0.550 e. The van der Waals surface area contributed by atoms with Gasteiger partial charge in [0.1, 0.15) is 0 Å². The Hall–Kier alpha value is -0.283. The molecular weight excluding hydrogens is 156 g/mol. The summed E-state index contributed by atoms with van der Waals surface area (Å²) in [5.74, 6) is 0. The molecule has 0 fully saturated rings. The van der Waals surface area contributed by atoms with Gasteiger partial charge in [0.25, 0.3) is 0 Å². The first kappa shape index (κ1) is 10.7. The van der Waals surface area contributed by atoms with Gasteiger partial charge in [-0.25, -0.2) is 0 Å². The molecule has 0 aromatic rings. The second-order valence-electron chi connectivity index (χ2n) is 3.50. The minimum Gasteiger partial charge on any atom is -0.550 e. The summed E-state index contributed by atoms with van der Waals surface area (Å²) in [4.78, 5) is 0. The van der Waals surface area contributed by atoms with Gasteiger partial charge in [-0.1, -0.05) is 0 Å². The average molecular weight is 174 g/mol. The molecule has 0 amide bonds. The van der Waals surface area contributed by atoms with E-state index in [1.807, 2.05) is 13.0 Å². The number of hydrogen-bond donors (Lipinski definition) is 0. The van der Waals surface area contributed by atoms with Gasteiger partial charge in [0.15, 0.2) is 0 Å². The van der Waals surface area contributed by atoms with Crippen LogP contribution in [0.1, 0.15) is 6.92 Å². The van der Waals surface area contributed by atoms with E-state index in [1.165, 1.54) is 0 Å². The molecule has 0 N–H and O–H groups in total. The van der Waals surface area contributed by atoms with Crippen molar-refractivity contribution in [3.05, 3.63) is 12.3 Å². The lowest BCUT2D eigenvalue weighted by Gasteiger charge is -2.15. The van der Waals surface area contributed by atoms with Crippen molar-refractivity contribution in [1.82, 2.24) is 0 Å². The van der Waals surface area contributed by atoms with Crippen molar-refractivity contribution < 1.29 is 9.16 Å². The molecule has 0 rings (SSSR count). The number of rotatable bonds is 4. The van der Waals surface area contributed by atoms with Crippen LogP contribution in [0.3, 0.4) is 0 Å². The van der Waals surface area contributed by atoms with Gasteiger partial charge in [0, 0.05) is 7.11 Å². The molecule has 0 heterocycles. The Bertz CT molecular complexity index is 127. The van der Waals surface area contributed by atoms with Gasteiger partial charge in [-0.05, 0) is 32.6 Å². The van der Waals surface area contributed by atoms with Gasteiger partial charge in [0.05, 0.1) is 12.4 Å².